The molecule has 0 atom stereocenters. The molecule has 24 heavy (non-hydrogen) atoms. The van der Waals surface area contributed by atoms with Crippen molar-refractivity contribution in [1.82, 2.24) is 0 Å². The van der Waals surface area contributed by atoms with Gasteiger partial charge in [0.1, 0.15) is 6.61 Å². The van der Waals surface area contributed by atoms with Crippen molar-refractivity contribution in [1.29, 1.82) is 0 Å². The van der Waals surface area contributed by atoms with Crippen LogP contribution in [-0.2, 0) is 14.3 Å². The van der Waals surface area contributed by atoms with Crippen molar-refractivity contribution in [3.05, 3.63) is 53.6 Å². The normalized spacial score (nSPS) is 10.6. The number of rotatable bonds is 8. The summed E-state index contributed by atoms with van der Waals surface area (Å²) in [6, 6.07) is 14.3. The Kier molecular flexibility index (Phi) is 7.31. The molecule has 0 fully saturated rings. The highest BCUT2D eigenvalue weighted by Gasteiger charge is 2.05. The van der Waals surface area contributed by atoms with E-state index < -0.39 is 0 Å². The van der Waals surface area contributed by atoms with Crippen LogP contribution in [-0.4, -0.2) is 32.8 Å². The number of benzene rings is 2. The van der Waals surface area contributed by atoms with E-state index in [1.54, 1.807) is 18.9 Å². The molecular formula is C19H23NO3S. The Bertz CT molecular complexity index is 671. The number of carbonyl (C=O) groups excluding carboxylic acids is 1. The highest BCUT2D eigenvalue weighted by atomic mass is 32.2. The second-order valence-electron chi connectivity index (χ2n) is 5.49. The Morgan fingerprint density at radius 3 is 2.54 bits per heavy atom. The van der Waals surface area contributed by atoms with Crippen LogP contribution < -0.4 is 5.32 Å². The quantitative estimate of drug-likeness (QED) is 0.733. The summed E-state index contributed by atoms with van der Waals surface area (Å²) in [5.74, 6) is -0.166. The van der Waals surface area contributed by atoms with E-state index in [2.05, 4.69) is 37.4 Å². The third-order valence-electron chi connectivity index (χ3n) is 3.37. The first kappa shape index (κ1) is 18.5. The van der Waals surface area contributed by atoms with Crippen molar-refractivity contribution in [2.45, 2.75) is 23.6 Å². The van der Waals surface area contributed by atoms with Gasteiger partial charge >= 0.3 is 0 Å². The number of nitrogens with one attached hydrogen (secondary N) is 1. The summed E-state index contributed by atoms with van der Waals surface area (Å²) in [7, 11) is 1.60. The Balaban J connectivity index is 1.88. The van der Waals surface area contributed by atoms with E-state index >= 15 is 0 Å². The summed E-state index contributed by atoms with van der Waals surface area (Å²) in [4.78, 5) is 14.1. The van der Waals surface area contributed by atoms with Gasteiger partial charge in [-0.2, -0.15) is 0 Å². The molecule has 0 aromatic heterocycles. The Labute approximate surface area is 147 Å². The zero-order valence-corrected chi connectivity index (χ0v) is 15.1. The van der Waals surface area contributed by atoms with Crippen molar-refractivity contribution in [3.8, 4) is 0 Å². The van der Waals surface area contributed by atoms with Gasteiger partial charge < -0.3 is 14.8 Å². The van der Waals surface area contributed by atoms with Crippen LogP contribution in [0.25, 0.3) is 0 Å². The van der Waals surface area contributed by atoms with Gasteiger partial charge in [0.25, 0.3) is 0 Å². The predicted molar refractivity (Wildman–Crippen MR) is 97.8 cm³/mol. The SMILES string of the molecule is COCCOCC(=O)Nc1ccc(Sc2cc(C)ccc2C)cc1. The molecule has 0 saturated carbocycles. The summed E-state index contributed by atoms with van der Waals surface area (Å²) in [5, 5.41) is 2.82. The molecule has 5 heteroatoms. The van der Waals surface area contributed by atoms with E-state index in [0.29, 0.717) is 13.2 Å². The second-order valence-corrected chi connectivity index (χ2v) is 6.60. The molecule has 2 rings (SSSR count). The minimum absolute atomic E-state index is 0.0301. The first-order chi connectivity index (χ1) is 11.6. The predicted octanol–water partition coefficient (Wildman–Crippen LogP) is 4.06. The standard InChI is InChI=1S/C19H23NO3S/c1-14-4-5-15(2)18(12-14)24-17-8-6-16(7-9-17)20-19(21)13-23-11-10-22-3/h4-9,12H,10-11,13H2,1-3H3,(H,20,21). The molecular weight excluding hydrogens is 322 g/mol. The van der Waals surface area contributed by atoms with Crippen LogP contribution in [0, 0.1) is 13.8 Å². The zero-order chi connectivity index (χ0) is 17.4. The maximum Gasteiger partial charge on any atom is 0.250 e. The molecule has 2 aromatic rings. The third kappa shape index (κ3) is 6.00. The first-order valence-corrected chi connectivity index (χ1v) is 8.62. The Morgan fingerprint density at radius 1 is 1.08 bits per heavy atom. The molecule has 1 N–H and O–H groups in total. The van der Waals surface area contributed by atoms with Crippen LogP contribution in [0.5, 0.6) is 0 Å². The van der Waals surface area contributed by atoms with E-state index in [4.69, 9.17) is 9.47 Å². The molecule has 0 heterocycles. The monoisotopic (exact) mass is 345 g/mol. The number of methoxy groups -OCH3 is 1. The molecule has 128 valence electrons. The zero-order valence-electron chi connectivity index (χ0n) is 14.3. The number of aryl methyl sites for hydroxylation is 2. The lowest BCUT2D eigenvalue weighted by molar-refractivity contribution is -0.121. The highest BCUT2D eigenvalue weighted by molar-refractivity contribution is 7.99. The molecule has 0 bridgehead atoms. The van der Waals surface area contributed by atoms with Gasteiger partial charge in [0.05, 0.1) is 13.2 Å². The van der Waals surface area contributed by atoms with Crippen molar-refractivity contribution >= 4 is 23.4 Å². The van der Waals surface area contributed by atoms with Gasteiger partial charge in [0, 0.05) is 22.6 Å². The minimum atomic E-state index is -0.166. The van der Waals surface area contributed by atoms with Gasteiger partial charge in [0.15, 0.2) is 0 Å². The van der Waals surface area contributed by atoms with Crippen LogP contribution in [0.1, 0.15) is 11.1 Å². The molecule has 0 saturated heterocycles. The Morgan fingerprint density at radius 2 is 1.83 bits per heavy atom. The van der Waals surface area contributed by atoms with Gasteiger partial charge in [-0.25, -0.2) is 0 Å². The topological polar surface area (TPSA) is 47.6 Å². The van der Waals surface area contributed by atoms with Crippen LogP contribution >= 0.6 is 11.8 Å². The number of carbonyl (C=O) groups is 1. The van der Waals surface area contributed by atoms with E-state index in [0.717, 1.165) is 10.6 Å². The lowest BCUT2D eigenvalue weighted by Gasteiger charge is -2.09. The number of hydrogen-bond acceptors (Lipinski definition) is 4. The lowest BCUT2D eigenvalue weighted by atomic mass is 10.2. The van der Waals surface area contributed by atoms with Gasteiger partial charge in [-0.15, -0.1) is 0 Å². The van der Waals surface area contributed by atoms with E-state index in [-0.39, 0.29) is 12.5 Å². The average Bonchev–Trinajstić information content (AvgIpc) is 2.57. The van der Waals surface area contributed by atoms with Gasteiger partial charge in [-0.3, -0.25) is 4.79 Å². The van der Waals surface area contributed by atoms with E-state index in [1.807, 2.05) is 24.3 Å². The van der Waals surface area contributed by atoms with Crippen LogP contribution in [0.2, 0.25) is 0 Å². The Hall–Kier alpha value is -1.82. The summed E-state index contributed by atoms with van der Waals surface area (Å²) in [6.45, 7) is 5.13. The summed E-state index contributed by atoms with van der Waals surface area (Å²) in [6.07, 6.45) is 0. The van der Waals surface area contributed by atoms with Gasteiger partial charge in [0.2, 0.25) is 5.91 Å². The maximum atomic E-state index is 11.8. The van der Waals surface area contributed by atoms with Gasteiger partial charge in [-0.05, 0) is 55.3 Å². The van der Waals surface area contributed by atoms with E-state index in [1.165, 1.54) is 16.0 Å². The number of hydrogen-bond donors (Lipinski definition) is 1. The molecule has 1 amide bonds. The molecule has 0 unspecified atom stereocenters. The third-order valence-corrected chi connectivity index (χ3v) is 4.54. The molecule has 0 aliphatic rings. The molecule has 2 aromatic carbocycles. The highest BCUT2D eigenvalue weighted by Crippen LogP contribution is 2.31. The number of ether oxygens (including phenoxy) is 2. The van der Waals surface area contributed by atoms with Crippen LogP contribution in [0.15, 0.2) is 52.3 Å². The van der Waals surface area contributed by atoms with Crippen LogP contribution in [0.4, 0.5) is 5.69 Å². The van der Waals surface area contributed by atoms with Crippen molar-refractivity contribution in [2.24, 2.45) is 0 Å². The fourth-order valence-electron chi connectivity index (χ4n) is 2.05. The van der Waals surface area contributed by atoms with Crippen molar-refractivity contribution < 1.29 is 14.3 Å². The first-order valence-electron chi connectivity index (χ1n) is 7.80. The van der Waals surface area contributed by atoms with Crippen LogP contribution in [0.3, 0.4) is 0 Å². The van der Waals surface area contributed by atoms with Crippen molar-refractivity contribution in [2.75, 3.05) is 32.2 Å². The number of anilines is 1. The summed E-state index contributed by atoms with van der Waals surface area (Å²) in [5.41, 5.74) is 3.28. The number of amides is 1. The van der Waals surface area contributed by atoms with E-state index in [9.17, 15) is 4.79 Å². The molecule has 4 nitrogen and oxygen atoms in total. The average molecular weight is 345 g/mol. The lowest BCUT2D eigenvalue weighted by Crippen LogP contribution is -2.19. The van der Waals surface area contributed by atoms with Gasteiger partial charge in [-0.1, -0.05) is 23.9 Å². The fourth-order valence-corrected chi connectivity index (χ4v) is 3.05. The summed E-state index contributed by atoms with van der Waals surface area (Å²) < 4.78 is 10.1. The fraction of sp³-hybridized carbons (Fsp3) is 0.316. The minimum Gasteiger partial charge on any atom is -0.382 e. The molecule has 0 spiro atoms. The largest absolute Gasteiger partial charge is 0.382 e. The smallest absolute Gasteiger partial charge is 0.250 e. The maximum absolute atomic E-state index is 11.8. The molecule has 0 aliphatic carbocycles. The molecule has 0 radical (unpaired) electrons. The molecule has 0 aliphatic heterocycles. The summed E-state index contributed by atoms with van der Waals surface area (Å²) >= 11 is 1.72. The van der Waals surface area contributed by atoms with Crippen molar-refractivity contribution in [3.63, 3.8) is 0 Å². The second kappa shape index (κ2) is 9.47.